The predicted molar refractivity (Wildman–Crippen MR) is 75.2 cm³/mol. The molecular formula is C13H15F3N6O. The Morgan fingerprint density at radius 2 is 2.09 bits per heavy atom. The van der Waals surface area contributed by atoms with Gasteiger partial charge >= 0.3 is 6.18 Å². The number of carbonyl (C=O) groups excluding carboxylic acids is 1. The van der Waals surface area contributed by atoms with E-state index in [0.29, 0.717) is 19.3 Å². The number of hydrogen-bond acceptors (Lipinski definition) is 5. The molecule has 10 heteroatoms. The smallest absolute Gasteiger partial charge is 0.395 e. The molecule has 1 aliphatic heterocycles. The largest absolute Gasteiger partial charge is 0.437 e. The second-order valence-corrected chi connectivity index (χ2v) is 5.12. The van der Waals surface area contributed by atoms with Gasteiger partial charge in [0, 0.05) is 32.9 Å². The van der Waals surface area contributed by atoms with E-state index in [1.807, 2.05) is 0 Å². The van der Waals surface area contributed by atoms with Gasteiger partial charge in [-0.2, -0.15) is 28.5 Å². The number of nitrogen functional groups attached to an aromatic ring is 1. The van der Waals surface area contributed by atoms with Gasteiger partial charge < -0.3 is 11.1 Å². The van der Waals surface area contributed by atoms with Crippen molar-refractivity contribution in [2.24, 2.45) is 17.3 Å². The number of anilines is 1. The Morgan fingerprint density at radius 3 is 2.57 bits per heavy atom. The van der Waals surface area contributed by atoms with Crippen LogP contribution >= 0.6 is 0 Å². The monoisotopic (exact) mass is 328 g/mol. The van der Waals surface area contributed by atoms with Gasteiger partial charge in [-0.25, -0.2) is 0 Å². The molecule has 0 spiro atoms. The Hall–Kier alpha value is -2.57. The van der Waals surface area contributed by atoms with Crippen LogP contribution in [0.3, 0.4) is 0 Å². The molecule has 0 aromatic carbocycles. The number of nitrogens with two attached hydrogens (primary N) is 1. The van der Waals surface area contributed by atoms with E-state index in [1.54, 1.807) is 0 Å². The van der Waals surface area contributed by atoms with E-state index in [4.69, 9.17) is 12.2 Å². The number of halogens is 3. The highest BCUT2D eigenvalue weighted by atomic mass is 19.4. The molecule has 3 N–H and O–H groups in total. The quantitative estimate of drug-likeness (QED) is 0.778. The van der Waals surface area contributed by atoms with Gasteiger partial charge in [0.25, 0.3) is 5.91 Å². The van der Waals surface area contributed by atoms with Gasteiger partial charge in [-0.1, -0.05) is 0 Å². The number of alkyl halides is 3. The third-order valence-electron chi connectivity index (χ3n) is 3.43. The molecule has 0 aliphatic carbocycles. The molecule has 7 nitrogen and oxygen atoms in total. The van der Waals surface area contributed by atoms with Crippen LogP contribution in [0.4, 0.5) is 18.9 Å². The van der Waals surface area contributed by atoms with Crippen molar-refractivity contribution in [1.29, 1.82) is 0 Å². The van der Waals surface area contributed by atoms with Crippen molar-refractivity contribution in [2.75, 3.05) is 12.3 Å². The Kier molecular flexibility index (Phi) is 4.31. The maximum atomic E-state index is 12.7. The SMILES string of the molecule is C#CCCC1(CCNC(=O)c2c(N)c(C(F)(F)F)nn2C)N=N1. The molecule has 2 heterocycles. The molecule has 0 radical (unpaired) electrons. The van der Waals surface area contributed by atoms with Crippen molar-refractivity contribution in [3.05, 3.63) is 11.4 Å². The summed E-state index contributed by atoms with van der Waals surface area (Å²) in [6, 6.07) is 0. The molecule has 1 aliphatic rings. The molecule has 1 aromatic heterocycles. The van der Waals surface area contributed by atoms with Crippen LogP contribution < -0.4 is 11.1 Å². The van der Waals surface area contributed by atoms with Crippen LogP contribution in [0.1, 0.15) is 35.4 Å². The number of carbonyl (C=O) groups is 1. The topological polar surface area (TPSA) is 97.7 Å². The van der Waals surface area contributed by atoms with E-state index in [-0.39, 0.29) is 12.2 Å². The minimum absolute atomic E-state index is 0.183. The van der Waals surface area contributed by atoms with Crippen LogP contribution in [-0.2, 0) is 13.2 Å². The zero-order chi connectivity index (χ0) is 17.3. The number of terminal acetylenes is 1. The second-order valence-electron chi connectivity index (χ2n) is 5.12. The number of amides is 1. The summed E-state index contributed by atoms with van der Waals surface area (Å²) < 4.78 is 38.9. The minimum Gasteiger partial charge on any atom is -0.395 e. The lowest BCUT2D eigenvalue weighted by molar-refractivity contribution is -0.140. The second kappa shape index (κ2) is 5.91. The summed E-state index contributed by atoms with van der Waals surface area (Å²) in [6.45, 7) is 0.183. The third kappa shape index (κ3) is 3.61. The van der Waals surface area contributed by atoms with Crippen molar-refractivity contribution < 1.29 is 18.0 Å². The molecule has 0 fully saturated rings. The summed E-state index contributed by atoms with van der Waals surface area (Å²) in [5, 5.41) is 13.6. The lowest BCUT2D eigenvalue weighted by Gasteiger charge is -2.10. The summed E-state index contributed by atoms with van der Waals surface area (Å²) in [6.07, 6.45) is 1.95. The van der Waals surface area contributed by atoms with E-state index in [1.165, 1.54) is 7.05 Å². The molecule has 1 amide bonds. The van der Waals surface area contributed by atoms with E-state index in [9.17, 15) is 18.0 Å². The molecule has 124 valence electrons. The van der Waals surface area contributed by atoms with Crippen molar-refractivity contribution in [3.63, 3.8) is 0 Å². The maximum absolute atomic E-state index is 12.7. The van der Waals surface area contributed by atoms with Gasteiger partial charge in [-0.15, -0.1) is 12.3 Å². The molecule has 0 saturated carbocycles. The Balaban J connectivity index is 1.97. The Morgan fingerprint density at radius 1 is 1.43 bits per heavy atom. The number of hydrogen-bond donors (Lipinski definition) is 2. The van der Waals surface area contributed by atoms with Crippen molar-refractivity contribution >= 4 is 11.6 Å². The summed E-state index contributed by atoms with van der Waals surface area (Å²) in [4.78, 5) is 12.0. The lowest BCUT2D eigenvalue weighted by atomic mass is 10.0. The van der Waals surface area contributed by atoms with Gasteiger partial charge in [0.05, 0.1) is 5.69 Å². The van der Waals surface area contributed by atoms with Crippen molar-refractivity contribution in [1.82, 2.24) is 15.1 Å². The molecule has 23 heavy (non-hydrogen) atoms. The Labute approximate surface area is 130 Å². The third-order valence-corrected chi connectivity index (χ3v) is 3.43. The number of aromatic nitrogens is 2. The molecular weight excluding hydrogens is 313 g/mol. The molecule has 0 atom stereocenters. The fourth-order valence-corrected chi connectivity index (χ4v) is 2.15. The number of rotatable bonds is 6. The molecule has 0 bridgehead atoms. The van der Waals surface area contributed by atoms with Crippen LogP contribution in [0.5, 0.6) is 0 Å². The molecule has 0 unspecified atom stereocenters. The summed E-state index contributed by atoms with van der Waals surface area (Å²) >= 11 is 0. The van der Waals surface area contributed by atoms with Crippen molar-refractivity contribution in [2.45, 2.75) is 31.1 Å². The minimum atomic E-state index is -4.72. The van der Waals surface area contributed by atoms with Crippen LogP contribution in [0.15, 0.2) is 10.2 Å². The molecule has 1 aromatic rings. The van der Waals surface area contributed by atoms with Gasteiger partial charge in [0.2, 0.25) is 0 Å². The van der Waals surface area contributed by atoms with Crippen LogP contribution in [0.25, 0.3) is 0 Å². The van der Waals surface area contributed by atoms with Crippen LogP contribution in [0, 0.1) is 12.3 Å². The average Bonchev–Trinajstić information content (AvgIpc) is 3.14. The molecule has 0 saturated heterocycles. The first-order valence-electron chi connectivity index (χ1n) is 6.75. The van der Waals surface area contributed by atoms with E-state index in [0.717, 1.165) is 4.68 Å². The van der Waals surface area contributed by atoms with E-state index in [2.05, 4.69) is 26.6 Å². The highest BCUT2D eigenvalue weighted by Crippen LogP contribution is 2.36. The number of nitrogens with zero attached hydrogens (tertiary/aromatic N) is 4. The maximum Gasteiger partial charge on any atom is 0.437 e. The fourth-order valence-electron chi connectivity index (χ4n) is 2.15. The summed E-state index contributed by atoms with van der Waals surface area (Å²) in [5.74, 6) is 1.74. The number of aryl methyl sites for hydroxylation is 1. The van der Waals surface area contributed by atoms with Crippen LogP contribution in [-0.4, -0.2) is 27.9 Å². The zero-order valence-corrected chi connectivity index (χ0v) is 12.3. The first kappa shape index (κ1) is 16.8. The normalized spacial score (nSPS) is 15.3. The molecule has 2 rings (SSSR count). The van der Waals surface area contributed by atoms with Crippen LogP contribution in [0.2, 0.25) is 0 Å². The Bertz CT molecular complexity index is 679. The van der Waals surface area contributed by atoms with Gasteiger partial charge in [-0.3, -0.25) is 9.48 Å². The average molecular weight is 328 g/mol. The van der Waals surface area contributed by atoms with Gasteiger partial charge in [0.15, 0.2) is 11.4 Å². The van der Waals surface area contributed by atoms with E-state index < -0.39 is 29.1 Å². The summed E-state index contributed by atoms with van der Waals surface area (Å²) in [7, 11) is 1.22. The highest BCUT2D eigenvalue weighted by Gasteiger charge is 2.40. The first-order valence-corrected chi connectivity index (χ1v) is 6.75. The zero-order valence-electron chi connectivity index (χ0n) is 12.3. The fraction of sp³-hybridized carbons (Fsp3) is 0.538. The standard InChI is InChI=1S/C13H15F3N6O/c1-3-4-5-12(20-21-12)6-7-18-11(23)9-8(17)10(13(14,15)16)19-22(9)2/h1H,4-7,17H2,2H3,(H,18,23). The van der Waals surface area contributed by atoms with E-state index >= 15 is 0 Å². The number of nitrogens with one attached hydrogen (secondary N) is 1. The highest BCUT2D eigenvalue weighted by molar-refractivity contribution is 5.98. The van der Waals surface area contributed by atoms with Crippen molar-refractivity contribution in [3.8, 4) is 12.3 Å². The first-order chi connectivity index (χ1) is 10.7. The predicted octanol–water partition coefficient (Wildman–Crippen LogP) is 1.72. The van der Waals surface area contributed by atoms with Gasteiger partial charge in [0.1, 0.15) is 5.69 Å². The summed E-state index contributed by atoms with van der Waals surface area (Å²) in [5.41, 5.74) is 2.53. The van der Waals surface area contributed by atoms with Gasteiger partial charge in [-0.05, 0) is 0 Å². The lowest BCUT2D eigenvalue weighted by Crippen LogP contribution is -2.30.